The van der Waals surface area contributed by atoms with Gasteiger partial charge in [0.05, 0.1) is 6.42 Å². The molecule has 1 saturated carbocycles. The molecule has 0 aromatic heterocycles. The van der Waals surface area contributed by atoms with E-state index in [4.69, 9.17) is 5.11 Å². The Kier molecular flexibility index (Phi) is 5.83. The summed E-state index contributed by atoms with van der Waals surface area (Å²) in [5.41, 5.74) is -0.302. The number of hydrogen-bond acceptors (Lipinski definition) is 2. The van der Waals surface area contributed by atoms with Crippen LogP contribution in [-0.2, 0) is 9.59 Å². The summed E-state index contributed by atoms with van der Waals surface area (Å²) in [4.78, 5) is 25.4. The van der Waals surface area contributed by atoms with E-state index in [1.807, 2.05) is 25.7 Å². The Labute approximate surface area is 116 Å². The molecule has 1 aliphatic carbocycles. The summed E-state index contributed by atoms with van der Waals surface area (Å²) in [6.45, 7) is 6.68. The van der Waals surface area contributed by atoms with Crippen molar-refractivity contribution in [1.82, 2.24) is 4.90 Å². The number of carboxylic acids is 1. The summed E-state index contributed by atoms with van der Waals surface area (Å²) in [5.74, 6) is -0.664. The molecule has 0 atom stereocenters. The van der Waals surface area contributed by atoms with Gasteiger partial charge in [-0.25, -0.2) is 0 Å². The molecular weight excluding hydrogens is 242 g/mol. The van der Waals surface area contributed by atoms with Gasteiger partial charge in [0, 0.05) is 19.0 Å². The molecule has 0 unspecified atom stereocenters. The van der Waals surface area contributed by atoms with Crippen LogP contribution in [0.25, 0.3) is 0 Å². The SMILES string of the molecule is CCN(C(=O)CC1(CC(=O)O)CCCCC1)C(C)C. The fraction of sp³-hybridized carbons (Fsp3) is 0.867. The van der Waals surface area contributed by atoms with E-state index in [0.717, 1.165) is 32.1 Å². The molecule has 0 aromatic rings. The third kappa shape index (κ3) is 4.51. The average Bonchev–Trinajstić information content (AvgIpc) is 2.28. The standard InChI is InChI=1S/C15H27NO3/c1-4-16(12(2)3)13(17)10-15(11-14(18)19)8-6-5-7-9-15/h12H,4-11H2,1-3H3,(H,18,19). The third-order valence-electron chi connectivity index (χ3n) is 4.25. The van der Waals surface area contributed by atoms with Gasteiger partial charge in [-0.05, 0) is 39.0 Å². The fourth-order valence-electron chi connectivity index (χ4n) is 3.29. The van der Waals surface area contributed by atoms with E-state index in [1.165, 1.54) is 0 Å². The Morgan fingerprint density at radius 1 is 1.16 bits per heavy atom. The first-order valence-electron chi connectivity index (χ1n) is 7.41. The van der Waals surface area contributed by atoms with Gasteiger partial charge in [-0.2, -0.15) is 0 Å². The van der Waals surface area contributed by atoms with Crippen LogP contribution in [0, 0.1) is 5.41 Å². The number of nitrogens with zero attached hydrogens (tertiary/aromatic N) is 1. The summed E-state index contributed by atoms with van der Waals surface area (Å²) in [5, 5.41) is 9.12. The monoisotopic (exact) mass is 269 g/mol. The molecule has 19 heavy (non-hydrogen) atoms. The number of rotatable bonds is 6. The lowest BCUT2D eigenvalue weighted by Crippen LogP contribution is -2.41. The Morgan fingerprint density at radius 3 is 2.16 bits per heavy atom. The van der Waals surface area contributed by atoms with Crippen LogP contribution in [-0.4, -0.2) is 34.5 Å². The van der Waals surface area contributed by atoms with Crippen molar-refractivity contribution in [1.29, 1.82) is 0 Å². The number of aliphatic carboxylic acids is 1. The number of amides is 1. The maximum absolute atomic E-state index is 12.4. The van der Waals surface area contributed by atoms with Gasteiger partial charge in [-0.3, -0.25) is 9.59 Å². The number of carboxylic acid groups (broad SMARTS) is 1. The minimum atomic E-state index is -0.776. The topological polar surface area (TPSA) is 57.6 Å². The van der Waals surface area contributed by atoms with Crippen molar-refractivity contribution in [2.24, 2.45) is 5.41 Å². The molecule has 0 heterocycles. The zero-order valence-corrected chi connectivity index (χ0v) is 12.4. The van der Waals surface area contributed by atoms with E-state index in [0.29, 0.717) is 13.0 Å². The van der Waals surface area contributed by atoms with E-state index in [2.05, 4.69) is 0 Å². The van der Waals surface area contributed by atoms with Crippen LogP contribution in [0.4, 0.5) is 0 Å². The van der Waals surface area contributed by atoms with Crippen molar-refractivity contribution in [2.75, 3.05) is 6.54 Å². The molecule has 4 heteroatoms. The van der Waals surface area contributed by atoms with Crippen LogP contribution >= 0.6 is 0 Å². The van der Waals surface area contributed by atoms with Crippen LogP contribution in [0.3, 0.4) is 0 Å². The number of carbonyl (C=O) groups excluding carboxylic acids is 1. The summed E-state index contributed by atoms with van der Waals surface area (Å²) in [6.07, 6.45) is 5.54. The highest BCUT2D eigenvalue weighted by Crippen LogP contribution is 2.42. The normalized spacial score (nSPS) is 18.3. The molecule has 1 aliphatic rings. The van der Waals surface area contributed by atoms with Gasteiger partial charge in [0.15, 0.2) is 0 Å². The zero-order valence-electron chi connectivity index (χ0n) is 12.4. The summed E-state index contributed by atoms with van der Waals surface area (Å²) >= 11 is 0. The minimum Gasteiger partial charge on any atom is -0.481 e. The predicted octanol–water partition coefficient (Wildman–Crippen LogP) is 3.06. The van der Waals surface area contributed by atoms with Gasteiger partial charge in [-0.1, -0.05) is 19.3 Å². The third-order valence-corrected chi connectivity index (χ3v) is 4.25. The molecule has 0 aliphatic heterocycles. The van der Waals surface area contributed by atoms with E-state index >= 15 is 0 Å². The fourth-order valence-corrected chi connectivity index (χ4v) is 3.29. The number of hydrogen-bond donors (Lipinski definition) is 1. The van der Waals surface area contributed by atoms with Crippen LogP contribution in [0.1, 0.15) is 65.7 Å². The van der Waals surface area contributed by atoms with Crippen molar-refractivity contribution in [3.63, 3.8) is 0 Å². The second kappa shape index (κ2) is 6.92. The van der Waals surface area contributed by atoms with Gasteiger partial charge in [0.25, 0.3) is 0 Å². The Hall–Kier alpha value is -1.06. The smallest absolute Gasteiger partial charge is 0.303 e. The van der Waals surface area contributed by atoms with Crippen LogP contribution < -0.4 is 0 Å². The van der Waals surface area contributed by atoms with Crippen molar-refractivity contribution in [3.05, 3.63) is 0 Å². The zero-order chi connectivity index (χ0) is 14.5. The average molecular weight is 269 g/mol. The second-order valence-corrected chi connectivity index (χ2v) is 6.08. The molecule has 4 nitrogen and oxygen atoms in total. The Balaban J connectivity index is 2.76. The van der Waals surface area contributed by atoms with Gasteiger partial charge >= 0.3 is 5.97 Å². The first kappa shape index (κ1) is 16.0. The maximum Gasteiger partial charge on any atom is 0.303 e. The van der Waals surface area contributed by atoms with Crippen LogP contribution in [0.2, 0.25) is 0 Å². The molecule has 0 spiro atoms. The molecule has 1 rings (SSSR count). The van der Waals surface area contributed by atoms with Crippen LogP contribution in [0.5, 0.6) is 0 Å². The van der Waals surface area contributed by atoms with Gasteiger partial charge in [0.2, 0.25) is 5.91 Å². The lowest BCUT2D eigenvalue weighted by atomic mass is 9.69. The second-order valence-electron chi connectivity index (χ2n) is 6.08. The van der Waals surface area contributed by atoms with Crippen LogP contribution in [0.15, 0.2) is 0 Å². The predicted molar refractivity (Wildman–Crippen MR) is 74.9 cm³/mol. The number of carbonyl (C=O) groups is 2. The molecule has 1 N–H and O–H groups in total. The van der Waals surface area contributed by atoms with Crippen molar-refractivity contribution in [3.8, 4) is 0 Å². The lowest BCUT2D eigenvalue weighted by molar-refractivity contribution is -0.143. The highest BCUT2D eigenvalue weighted by molar-refractivity contribution is 5.78. The van der Waals surface area contributed by atoms with E-state index in [1.54, 1.807) is 0 Å². The molecule has 1 fully saturated rings. The highest BCUT2D eigenvalue weighted by atomic mass is 16.4. The largest absolute Gasteiger partial charge is 0.481 e. The molecule has 110 valence electrons. The minimum absolute atomic E-state index is 0.112. The van der Waals surface area contributed by atoms with E-state index < -0.39 is 5.97 Å². The summed E-state index contributed by atoms with van der Waals surface area (Å²) in [6, 6.07) is 0.183. The van der Waals surface area contributed by atoms with Gasteiger partial charge < -0.3 is 10.0 Å². The van der Waals surface area contributed by atoms with E-state index in [9.17, 15) is 9.59 Å². The lowest BCUT2D eigenvalue weighted by Gasteiger charge is -2.38. The molecule has 0 radical (unpaired) electrons. The Morgan fingerprint density at radius 2 is 1.74 bits per heavy atom. The molecular formula is C15H27NO3. The first-order chi connectivity index (χ1) is 8.90. The molecule has 0 aromatic carbocycles. The first-order valence-corrected chi connectivity index (χ1v) is 7.41. The van der Waals surface area contributed by atoms with Crippen molar-refractivity contribution < 1.29 is 14.7 Å². The van der Waals surface area contributed by atoms with E-state index in [-0.39, 0.29) is 23.8 Å². The molecule has 0 bridgehead atoms. The van der Waals surface area contributed by atoms with Crippen molar-refractivity contribution in [2.45, 2.75) is 71.8 Å². The molecule has 0 saturated heterocycles. The maximum atomic E-state index is 12.4. The van der Waals surface area contributed by atoms with Gasteiger partial charge in [0.1, 0.15) is 0 Å². The summed E-state index contributed by atoms with van der Waals surface area (Å²) < 4.78 is 0. The highest BCUT2D eigenvalue weighted by Gasteiger charge is 2.37. The quantitative estimate of drug-likeness (QED) is 0.806. The Bertz CT molecular complexity index is 319. The van der Waals surface area contributed by atoms with Gasteiger partial charge in [-0.15, -0.1) is 0 Å². The summed E-state index contributed by atoms with van der Waals surface area (Å²) in [7, 11) is 0. The molecule has 1 amide bonds. The van der Waals surface area contributed by atoms with Crippen molar-refractivity contribution >= 4 is 11.9 Å².